The summed E-state index contributed by atoms with van der Waals surface area (Å²) in [5, 5.41) is 12.3. The molecular formula is C21H20BrNO4. The lowest BCUT2D eigenvalue weighted by atomic mass is 9.82. The van der Waals surface area contributed by atoms with Crippen LogP contribution in [-0.2, 0) is 0 Å². The van der Waals surface area contributed by atoms with Gasteiger partial charge in [-0.15, -0.1) is 0 Å². The highest BCUT2D eigenvalue weighted by Gasteiger charge is 2.34. The van der Waals surface area contributed by atoms with E-state index in [-0.39, 0.29) is 5.43 Å². The van der Waals surface area contributed by atoms with E-state index in [1.54, 1.807) is 18.2 Å². The molecule has 1 heterocycles. The highest BCUT2D eigenvalue weighted by Crippen LogP contribution is 2.38. The number of rotatable bonds is 3. The minimum Gasteiger partial charge on any atom is -0.465 e. The number of amides is 1. The molecule has 6 heteroatoms. The van der Waals surface area contributed by atoms with Crippen molar-refractivity contribution < 1.29 is 14.3 Å². The minimum atomic E-state index is -1.17. The molecule has 0 radical (unpaired) electrons. The lowest BCUT2D eigenvalue weighted by Crippen LogP contribution is -2.36. The summed E-state index contributed by atoms with van der Waals surface area (Å²) in [6, 6.07) is 13.7. The summed E-state index contributed by atoms with van der Waals surface area (Å²) in [7, 11) is 0. The third-order valence-corrected chi connectivity index (χ3v) is 4.83. The minimum absolute atomic E-state index is 0.194. The van der Waals surface area contributed by atoms with Gasteiger partial charge < -0.3 is 14.8 Å². The van der Waals surface area contributed by atoms with E-state index in [9.17, 15) is 14.7 Å². The Morgan fingerprint density at radius 3 is 2.41 bits per heavy atom. The summed E-state index contributed by atoms with van der Waals surface area (Å²) in [4.78, 5) is 24.8. The van der Waals surface area contributed by atoms with Crippen LogP contribution in [0, 0.1) is 5.41 Å². The summed E-state index contributed by atoms with van der Waals surface area (Å²) in [6.45, 7) is 5.69. The average molecular weight is 430 g/mol. The molecule has 0 fully saturated rings. The molecule has 0 saturated carbocycles. The van der Waals surface area contributed by atoms with E-state index in [1.807, 2.05) is 51.1 Å². The van der Waals surface area contributed by atoms with Crippen LogP contribution in [0.5, 0.6) is 0 Å². The number of carbonyl (C=O) groups is 1. The van der Waals surface area contributed by atoms with Crippen molar-refractivity contribution >= 4 is 33.0 Å². The molecule has 2 aromatic carbocycles. The maximum absolute atomic E-state index is 13.4. The van der Waals surface area contributed by atoms with Crippen molar-refractivity contribution in [3.05, 3.63) is 69.0 Å². The summed E-state index contributed by atoms with van der Waals surface area (Å²) in [5.74, 6) is 0.316. The first-order valence-electron chi connectivity index (χ1n) is 8.49. The van der Waals surface area contributed by atoms with Gasteiger partial charge in [-0.3, -0.25) is 4.79 Å². The van der Waals surface area contributed by atoms with E-state index >= 15 is 0 Å². The van der Waals surface area contributed by atoms with Crippen molar-refractivity contribution in [1.82, 2.24) is 5.32 Å². The lowest BCUT2D eigenvalue weighted by Gasteiger charge is -2.31. The van der Waals surface area contributed by atoms with Gasteiger partial charge >= 0.3 is 6.09 Å². The van der Waals surface area contributed by atoms with E-state index in [0.717, 1.165) is 4.47 Å². The van der Waals surface area contributed by atoms with Crippen molar-refractivity contribution in [3.8, 4) is 11.1 Å². The van der Waals surface area contributed by atoms with Gasteiger partial charge in [0.25, 0.3) is 0 Å². The number of carboxylic acid groups (broad SMARTS) is 1. The summed E-state index contributed by atoms with van der Waals surface area (Å²) < 4.78 is 6.89. The monoisotopic (exact) mass is 429 g/mol. The van der Waals surface area contributed by atoms with Gasteiger partial charge in [-0.25, -0.2) is 4.79 Å². The summed E-state index contributed by atoms with van der Waals surface area (Å²) >= 11 is 3.39. The van der Waals surface area contributed by atoms with E-state index in [0.29, 0.717) is 27.9 Å². The molecule has 1 unspecified atom stereocenters. The quantitative estimate of drug-likeness (QED) is 0.569. The predicted octanol–water partition coefficient (Wildman–Crippen LogP) is 5.58. The zero-order valence-electron chi connectivity index (χ0n) is 15.2. The molecular weight excluding hydrogens is 410 g/mol. The molecule has 2 N–H and O–H groups in total. The molecule has 0 spiro atoms. The number of nitrogens with one attached hydrogen (secondary N) is 1. The van der Waals surface area contributed by atoms with Crippen LogP contribution in [0.4, 0.5) is 4.79 Å². The maximum Gasteiger partial charge on any atom is 0.405 e. The molecule has 3 rings (SSSR count). The molecule has 140 valence electrons. The first-order valence-corrected chi connectivity index (χ1v) is 9.29. The SMILES string of the molecule is CC(C)(C)C(NC(=O)O)c1oc2ccc(Br)cc2c(=O)c1-c1ccccc1. The molecule has 1 atom stereocenters. The predicted molar refractivity (Wildman–Crippen MR) is 109 cm³/mol. The standard InChI is InChI=1S/C21H20BrNO4/c1-21(2,3)19(23-20(25)26)18-16(12-7-5-4-6-8-12)17(24)14-11-13(22)9-10-15(14)27-18/h4-11,19,23H,1-3H3,(H,25,26). The highest BCUT2D eigenvalue weighted by atomic mass is 79.9. The van der Waals surface area contributed by atoms with Gasteiger partial charge in [0.15, 0.2) is 0 Å². The van der Waals surface area contributed by atoms with Crippen LogP contribution in [0.1, 0.15) is 32.6 Å². The van der Waals surface area contributed by atoms with Crippen LogP contribution in [0.2, 0.25) is 0 Å². The summed E-state index contributed by atoms with van der Waals surface area (Å²) in [6.07, 6.45) is -1.17. The van der Waals surface area contributed by atoms with Gasteiger partial charge in [-0.1, -0.05) is 67.0 Å². The number of benzene rings is 2. The smallest absolute Gasteiger partial charge is 0.405 e. The molecule has 1 amide bonds. The second-order valence-electron chi connectivity index (χ2n) is 7.43. The Morgan fingerprint density at radius 2 is 1.81 bits per heavy atom. The molecule has 3 aromatic rings. The Hall–Kier alpha value is -2.60. The van der Waals surface area contributed by atoms with Crippen molar-refractivity contribution in [2.75, 3.05) is 0 Å². The maximum atomic E-state index is 13.4. The Kier molecular flexibility index (Phi) is 5.11. The van der Waals surface area contributed by atoms with Crippen LogP contribution >= 0.6 is 15.9 Å². The van der Waals surface area contributed by atoms with Crippen LogP contribution in [0.3, 0.4) is 0 Å². The van der Waals surface area contributed by atoms with Crippen LogP contribution in [0.25, 0.3) is 22.1 Å². The van der Waals surface area contributed by atoms with Crippen molar-refractivity contribution in [1.29, 1.82) is 0 Å². The van der Waals surface area contributed by atoms with Crippen molar-refractivity contribution in [2.24, 2.45) is 5.41 Å². The Labute approximate surface area is 165 Å². The number of halogens is 1. The van der Waals surface area contributed by atoms with Crippen molar-refractivity contribution in [3.63, 3.8) is 0 Å². The van der Waals surface area contributed by atoms with Gasteiger partial charge in [0, 0.05) is 4.47 Å². The number of hydrogen-bond acceptors (Lipinski definition) is 3. The zero-order valence-corrected chi connectivity index (χ0v) is 16.8. The number of hydrogen-bond donors (Lipinski definition) is 2. The number of fused-ring (bicyclic) bond motifs is 1. The summed E-state index contributed by atoms with van der Waals surface area (Å²) in [5.41, 5.74) is 0.764. The van der Waals surface area contributed by atoms with E-state index < -0.39 is 17.6 Å². The van der Waals surface area contributed by atoms with Crippen LogP contribution in [-0.4, -0.2) is 11.2 Å². The molecule has 5 nitrogen and oxygen atoms in total. The van der Waals surface area contributed by atoms with Crippen molar-refractivity contribution in [2.45, 2.75) is 26.8 Å². The Morgan fingerprint density at radius 1 is 1.15 bits per heavy atom. The third kappa shape index (κ3) is 3.90. The topological polar surface area (TPSA) is 79.5 Å². The second kappa shape index (κ2) is 7.19. The fraction of sp³-hybridized carbons (Fsp3) is 0.238. The lowest BCUT2D eigenvalue weighted by molar-refractivity contribution is 0.168. The Bertz CT molecular complexity index is 1050. The van der Waals surface area contributed by atoms with Gasteiger partial charge in [0.2, 0.25) is 5.43 Å². The zero-order chi connectivity index (χ0) is 19.8. The fourth-order valence-corrected chi connectivity index (χ4v) is 3.43. The van der Waals surface area contributed by atoms with Gasteiger partial charge in [0.1, 0.15) is 11.3 Å². The molecule has 0 aliphatic rings. The average Bonchev–Trinajstić information content (AvgIpc) is 2.60. The molecule has 1 aromatic heterocycles. The van der Waals surface area contributed by atoms with Gasteiger partial charge in [-0.05, 0) is 29.2 Å². The fourth-order valence-electron chi connectivity index (χ4n) is 3.06. The van der Waals surface area contributed by atoms with Gasteiger partial charge in [0.05, 0.1) is 17.0 Å². The molecule has 0 saturated heterocycles. The van der Waals surface area contributed by atoms with Crippen LogP contribution < -0.4 is 10.7 Å². The van der Waals surface area contributed by atoms with E-state index in [4.69, 9.17) is 4.42 Å². The normalized spacial score (nSPS) is 12.7. The molecule has 0 aliphatic carbocycles. The van der Waals surface area contributed by atoms with E-state index in [1.165, 1.54) is 0 Å². The highest BCUT2D eigenvalue weighted by molar-refractivity contribution is 9.10. The van der Waals surface area contributed by atoms with Gasteiger partial charge in [-0.2, -0.15) is 0 Å². The third-order valence-electron chi connectivity index (χ3n) is 4.34. The second-order valence-corrected chi connectivity index (χ2v) is 8.34. The van der Waals surface area contributed by atoms with E-state index in [2.05, 4.69) is 21.2 Å². The van der Waals surface area contributed by atoms with Crippen LogP contribution in [0.15, 0.2) is 62.2 Å². The first-order chi connectivity index (χ1) is 12.7. The molecule has 27 heavy (non-hydrogen) atoms. The Balaban J connectivity index is 2.41. The largest absolute Gasteiger partial charge is 0.465 e. The molecule has 0 bridgehead atoms. The first kappa shape index (κ1) is 19.2. The molecule has 0 aliphatic heterocycles.